The Bertz CT molecular complexity index is 455. The van der Waals surface area contributed by atoms with Gasteiger partial charge in [0.25, 0.3) is 0 Å². The molecule has 0 unspecified atom stereocenters. The van der Waals surface area contributed by atoms with E-state index in [4.69, 9.17) is 5.73 Å². The maximum Gasteiger partial charge on any atom is 0.379 e. The van der Waals surface area contributed by atoms with Crippen LogP contribution in [-0.4, -0.2) is 23.6 Å². The van der Waals surface area contributed by atoms with Crippen LogP contribution in [-0.2, 0) is 9.53 Å². The predicted octanol–water partition coefficient (Wildman–Crippen LogP) is 2.32. The first kappa shape index (κ1) is 17.6. The number of phenols is 1. The highest BCUT2D eigenvalue weighted by atomic mass is 35.5. The molecule has 0 saturated heterocycles. The first-order valence-corrected chi connectivity index (χ1v) is 5.40. The molecule has 0 aromatic heterocycles. The summed E-state index contributed by atoms with van der Waals surface area (Å²) in [6, 6.07) is 2.15. The fourth-order valence-corrected chi connectivity index (χ4v) is 1.47. The van der Waals surface area contributed by atoms with Crippen LogP contribution in [0.15, 0.2) is 18.2 Å². The van der Waals surface area contributed by atoms with Crippen molar-refractivity contribution < 1.29 is 23.4 Å². The molecule has 108 valence electrons. The van der Waals surface area contributed by atoms with Crippen molar-refractivity contribution in [2.24, 2.45) is 5.73 Å². The van der Waals surface area contributed by atoms with Crippen molar-refractivity contribution in [3.63, 3.8) is 0 Å². The lowest BCUT2D eigenvalue weighted by Crippen LogP contribution is -2.41. The molecule has 1 rings (SSSR count). The molecule has 0 heterocycles. The summed E-state index contributed by atoms with van der Waals surface area (Å²) in [7, 11) is 0. The van der Waals surface area contributed by atoms with E-state index in [1.54, 1.807) is 6.92 Å². The Kier molecular flexibility index (Phi) is 6.18. The van der Waals surface area contributed by atoms with E-state index >= 15 is 0 Å². The van der Waals surface area contributed by atoms with Crippen LogP contribution in [0.4, 0.5) is 8.78 Å². The number of hydrogen-bond donors (Lipinski definition) is 2. The van der Waals surface area contributed by atoms with Crippen molar-refractivity contribution in [1.29, 1.82) is 0 Å². The first-order valence-electron chi connectivity index (χ1n) is 5.40. The normalized spacial score (nSPS) is 12.5. The molecule has 0 radical (unpaired) electrons. The van der Waals surface area contributed by atoms with Crippen molar-refractivity contribution in [2.45, 2.75) is 25.8 Å². The first-order chi connectivity index (χ1) is 8.30. The maximum absolute atomic E-state index is 13.7. The Morgan fingerprint density at radius 2 is 2.11 bits per heavy atom. The van der Waals surface area contributed by atoms with Crippen LogP contribution in [0.3, 0.4) is 0 Å². The number of nitrogens with two attached hydrogens (primary N) is 1. The lowest BCUT2D eigenvalue weighted by atomic mass is 9.99. The molecule has 7 heteroatoms. The summed E-state index contributed by atoms with van der Waals surface area (Å²) in [6.45, 7) is 2.95. The van der Waals surface area contributed by atoms with Gasteiger partial charge in [-0.2, -0.15) is 8.78 Å². The summed E-state index contributed by atoms with van der Waals surface area (Å²) in [4.78, 5) is 11.1. The van der Waals surface area contributed by atoms with Crippen LogP contribution >= 0.6 is 12.4 Å². The summed E-state index contributed by atoms with van der Waals surface area (Å²) in [6.07, 6.45) is 0. The molecule has 0 aliphatic heterocycles. The number of carbonyl (C=O) groups excluding carboxylic acids is 1. The number of rotatable bonds is 4. The van der Waals surface area contributed by atoms with Crippen molar-refractivity contribution in [3.8, 4) is 5.75 Å². The van der Waals surface area contributed by atoms with Crippen LogP contribution < -0.4 is 5.73 Å². The monoisotopic (exact) mass is 295 g/mol. The fraction of sp³-hybridized carbons (Fsp3) is 0.417. The van der Waals surface area contributed by atoms with Gasteiger partial charge in [-0.25, -0.2) is 4.79 Å². The summed E-state index contributed by atoms with van der Waals surface area (Å²) >= 11 is 0. The number of phenolic OH excluding ortho intramolecular Hbond substituents is 1. The van der Waals surface area contributed by atoms with Crippen molar-refractivity contribution in [3.05, 3.63) is 29.3 Å². The fourth-order valence-electron chi connectivity index (χ4n) is 1.47. The number of aromatic hydroxyl groups is 1. The molecule has 1 aromatic rings. The van der Waals surface area contributed by atoms with Gasteiger partial charge in [0, 0.05) is 5.56 Å². The van der Waals surface area contributed by atoms with Gasteiger partial charge in [0.15, 0.2) is 0 Å². The molecular weight excluding hydrogens is 280 g/mol. The van der Waals surface area contributed by atoms with Crippen LogP contribution in [0.1, 0.15) is 24.1 Å². The van der Waals surface area contributed by atoms with Crippen LogP contribution in [0.25, 0.3) is 0 Å². The summed E-state index contributed by atoms with van der Waals surface area (Å²) < 4.78 is 31.6. The lowest BCUT2D eigenvalue weighted by molar-refractivity contribution is -0.174. The van der Waals surface area contributed by atoms with Gasteiger partial charge in [-0.3, -0.25) is 0 Å². The van der Waals surface area contributed by atoms with Crippen molar-refractivity contribution >= 4 is 18.4 Å². The van der Waals surface area contributed by atoms with Gasteiger partial charge < -0.3 is 15.6 Å². The quantitative estimate of drug-likeness (QED) is 0.836. The van der Waals surface area contributed by atoms with E-state index in [0.717, 1.165) is 0 Å². The van der Waals surface area contributed by atoms with Gasteiger partial charge >= 0.3 is 11.9 Å². The zero-order valence-electron chi connectivity index (χ0n) is 10.5. The van der Waals surface area contributed by atoms with Gasteiger partial charge in [0.1, 0.15) is 11.8 Å². The molecule has 0 spiro atoms. The van der Waals surface area contributed by atoms with E-state index in [9.17, 15) is 18.7 Å². The third-order valence-electron chi connectivity index (χ3n) is 2.46. The highest BCUT2D eigenvalue weighted by Crippen LogP contribution is 2.35. The predicted molar refractivity (Wildman–Crippen MR) is 68.6 cm³/mol. The molecule has 19 heavy (non-hydrogen) atoms. The Labute approximate surface area is 116 Å². The zero-order chi connectivity index (χ0) is 13.9. The Morgan fingerprint density at radius 3 is 2.58 bits per heavy atom. The van der Waals surface area contributed by atoms with E-state index < -0.39 is 17.9 Å². The van der Waals surface area contributed by atoms with E-state index in [1.165, 1.54) is 25.1 Å². The maximum atomic E-state index is 13.7. The van der Waals surface area contributed by atoms with Crippen molar-refractivity contribution in [1.82, 2.24) is 0 Å². The molecule has 0 fully saturated rings. The number of hydrogen-bond acceptors (Lipinski definition) is 4. The third kappa shape index (κ3) is 3.78. The van der Waals surface area contributed by atoms with Crippen LogP contribution in [0.2, 0.25) is 0 Å². The Hall–Kier alpha value is -1.40. The van der Waals surface area contributed by atoms with Crippen LogP contribution in [0.5, 0.6) is 5.75 Å². The number of esters is 1. The molecule has 0 aliphatic rings. The standard InChI is InChI=1S/C12H15F2NO3.ClH/c1-3-18-11(17)12(13,14)10(15)8-5-4-7(2)6-9(8)16;/h4-6,10,16H,3,15H2,1-2H3;1H/t10-;/m0./s1. The minimum absolute atomic E-state index is 0. The smallest absolute Gasteiger partial charge is 0.379 e. The topological polar surface area (TPSA) is 72.5 Å². The number of carbonyl (C=O) groups is 1. The summed E-state index contributed by atoms with van der Waals surface area (Å²) in [5.74, 6) is -5.95. The second-order valence-electron chi connectivity index (χ2n) is 3.88. The van der Waals surface area contributed by atoms with Gasteiger partial charge in [0.2, 0.25) is 0 Å². The number of aryl methyl sites for hydroxylation is 1. The van der Waals surface area contributed by atoms with Crippen molar-refractivity contribution in [2.75, 3.05) is 6.61 Å². The highest BCUT2D eigenvalue weighted by Gasteiger charge is 2.48. The minimum atomic E-state index is -3.89. The highest BCUT2D eigenvalue weighted by molar-refractivity contribution is 5.85. The van der Waals surface area contributed by atoms with Crippen LogP contribution in [0, 0.1) is 6.92 Å². The number of benzene rings is 1. The van der Waals surface area contributed by atoms with E-state index in [1.807, 2.05) is 0 Å². The SMILES string of the molecule is CCOC(=O)C(F)(F)[C@@H](N)c1ccc(C)cc1O.Cl. The number of alkyl halides is 2. The second-order valence-corrected chi connectivity index (χ2v) is 3.88. The number of halogens is 3. The largest absolute Gasteiger partial charge is 0.508 e. The molecule has 0 amide bonds. The second kappa shape index (κ2) is 6.68. The summed E-state index contributed by atoms with van der Waals surface area (Å²) in [5, 5.41) is 9.57. The molecule has 4 nitrogen and oxygen atoms in total. The molecule has 0 bridgehead atoms. The van der Waals surface area contributed by atoms with Gasteiger partial charge in [-0.15, -0.1) is 12.4 Å². The van der Waals surface area contributed by atoms with Gasteiger partial charge in [-0.1, -0.05) is 12.1 Å². The molecular formula is C12H16ClF2NO3. The minimum Gasteiger partial charge on any atom is -0.508 e. The van der Waals surface area contributed by atoms with E-state index in [2.05, 4.69) is 4.74 Å². The lowest BCUT2D eigenvalue weighted by Gasteiger charge is -2.22. The Balaban J connectivity index is 0.00000324. The molecule has 0 saturated carbocycles. The molecule has 1 atom stereocenters. The average Bonchev–Trinajstić information content (AvgIpc) is 2.28. The third-order valence-corrected chi connectivity index (χ3v) is 2.46. The Morgan fingerprint density at radius 1 is 1.53 bits per heavy atom. The average molecular weight is 296 g/mol. The summed E-state index contributed by atoms with van der Waals surface area (Å²) in [5.41, 5.74) is 5.85. The van der Waals surface area contributed by atoms with Gasteiger partial charge in [0.05, 0.1) is 6.61 Å². The molecule has 3 N–H and O–H groups in total. The van der Waals surface area contributed by atoms with Gasteiger partial charge in [-0.05, 0) is 25.5 Å². The van der Waals surface area contributed by atoms with E-state index in [0.29, 0.717) is 5.56 Å². The molecule has 0 aliphatic carbocycles. The molecule has 1 aromatic carbocycles. The zero-order valence-corrected chi connectivity index (χ0v) is 11.3. The van der Waals surface area contributed by atoms with E-state index in [-0.39, 0.29) is 30.3 Å². The number of ether oxygens (including phenoxy) is 1.